The number of nitrogens with two attached hydrogens (primary N) is 1. The second-order valence-electron chi connectivity index (χ2n) is 4.70. The van der Waals surface area contributed by atoms with Crippen molar-refractivity contribution in [2.45, 2.75) is 37.2 Å². The zero-order valence-electron chi connectivity index (χ0n) is 10.2. The van der Waals surface area contributed by atoms with Crippen molar-refractivity contribution in [3.8, 4) is 0 Å². The van der Waals surface area contributed by atoms with Gasteiger partial charge in [0.2, 0.25) is 10.0 Å². The highest BCUT2D eigenvalue weighted by atomic mass is 35.5. The fraction of sp³-hybridized carbons (Fsp3) is 0.500. The molecular formula is C12H17ClN2O2S. The molecule has 18 heavy (non-hydrogen) atoms. The van der Waals surface area contributed by atoms with Gasteiger partial charge in [-0.1, -0.05) is 11.6 Å². The van der Waals surface area contributed by atoms with E-state index in [9.17, 15) is 8.42 Å². The predicted octanol–water partition coefficient (Wildman–Crippen LogP) is 1.88. The van der Waals surface area contributed by atoms with Crippen molar-refractivity contribution in [1.82, 2.24) is 4.72 Å². The topological polar surface area (TPSA) is 72.2 Å². The Bertz CT molecular complexity index is 541. The van der Waals surface area contributed by atoms with E-state index < -0.39 is 10.0 Å². The van der Waals surface area contributed by atoms with Crippen LogP contribution in [0.5, 0.6) is 0 Å². The molecule has 4 nitrogen and oxygen atoms in total. The second-order valence-corrected chi connectivity index (χ2v) is 6.83. The Kier molecular flexibility index (Phi) is 3.96. The average Bonchev–Trinajstić information content (AvgIpc) is 3.12. The molecule has 1 unspecified atom stereocenters. The molecular weight excluding hydrogens is 272 g/mol. The lowest BCUT2D eigenvalue weighted by Gasteiger charge is -2.14. The van der Waals surface area contributed by atoms with Gasteiger partial charge >= 0.3 is 0 Å². The van der Waals surface area contributed by atoms with Gasteiger partial charge in [-0.25, -0.2) is 13.1 Å². The van der Waals surface area contributed by atoms with Gasteiger partial charge in [-0.3, -0.25) is 0 Å². The summed E-state index contributed by atoms with van der Waals surface area (Å²) in [5, 5.41) is 0.492. The fourth-order valence-electron chi connectivity index (χ4n) is 1.88. The van der Waals surface area contributed by atoms with E-state index in [4.69, 9.17) is 17.3 Å². The largest absolute Gasteiger partial charge is 0.326 e. The van der Waals surface area contributed by atoms with Crippen LogP contribution in [0.2, 0.25) is 5.02 Å². The van der Waals surface area contributed by atoms with Gasteiger partial charge in [-0.05, 0) is 49.4 Å². The number of rotatable bonds is 5. The fourth-order valence-corrected chi connectivity index (χ4v) is 3.44. The monoisotopic (exact) mass is 288 g/mol. The van der Waals surface area contributed by atoms with E-state index in [1.54, 1.807) is 6.07 Å². The zero-order valence-corrected chi connectivity index (χ0v) is 11.8. The van der Waals surface area contributed by atoms with Crippen molar-refractivity contribution in [3.63, 3.8) is 0 Å². The number of sulfonamides is 1. The third kappa shape index (κ3) is 3.03. The molecule has 1 saturated carbocycles. The second kappa shape index (κ2) is 5.17. The Balaban J connectivity index is 2.23. The predicted molar refractivity (Wildman–Crippen MR) is 71.9 cm³/mol. The van der Waals surface area contributed by atoms with Gasteiger partial charge in [0.1, 0.15) is 0 Å². The molecule has 1 fully saturated rings. The van der Waals surface area contributed by atoms with Gasteiger partial charge in [-0.15, -0.1) is 0 Å². The molecule has 6 heteroatoms. The summed E-state index contributed by atoms with van der Waals surface area (Å²) in [5.74, 6) is 0.473. The van der Waals surface area contributed by atoms with Crippen LogP contribution in [0.3, 0.4) is 0 Å². The van der Waals surface area contributed by atoms with Crippen LogP contribution in [0.1, 0.15) is 25.3 Å². The van der Waals surface area contributed by atoms with Crippen molar-refractivity contribution in [2.75, 3.05) is 0 Å². The Morgan fingerprint density at radius 2 is 2.17 bits per heavy atom. The Hall–Kier alpha value is -0.620. The smallest absolute Gasteiger partial charge is 0.240 e. The van der Waals surface area contributed by atoms with Crippen molar-refractivity contribution < 1.29 is 8.42 Å². The van der Waals surface area contributed by atoms with E-state index in [1.807, 2.05) is 6.92 Å². The molecule has 1 aliphatic rings. The molecule has 0 aromatic heterocycles. The first-order valence-electron chi connectivity index (χ1n) is 5.95. The first-order chi connectivity index (χ1) is 8.44. The summed E-state index contributed by atoms with van der Waals surface area (Å²) in [7, 11) is -3.48. The maximum atomic E-state index is 12.2. The normalized spacial score (nSPS) is 17.7. The number of hydrogen-bond acceptors (Lipinski definition) is 3. The highest BCUT2D eigenvalue weighted by Crippen LogP contribution is 2.33. The maximum Gasteiger partial charge on any atom is 0.240 e. The quantitative estimate of drug-likeness (QED) is 0.869. The molecule has 0 aliphatic heterocycles. The Morgan fingerprint density at radius 3 is 2.72 bits per heavy atom. The van der Waals surface area contributed by atoms with E-state index in [-0.39, 0.29) is 17.5 Å². The van der Waals surface area contributed by atoms with Crippen LogP contribution in [0.25, 0.3) is 0 Å². The molecule has 0 heterocycles. The van der Waals surface area contributed by atoms with Crippen LogP contribution in [-0.4, -0.2) is 14.5 Å². The first-order valence-corrected chi connectivity index (χ1v) is 7.81. The van der Waals surface area contributed by atoms with Crippen LogP contribution >= 0.6 is 11.6 Å². The molecule has 0 spiro atoms. The minimum atomic E-state index is -3.48. The van der Waals surface area contributed by atoms with Crippen molar-refractivity contribution in [1.29, 1.82) is 0 Å². The van der Waals surface area contributed by atoms with Crippen molar-refractivity contribution >= 4 is 21.6 Å². The number of hydrogen-bond donors (Lipinski definition) is 2. The van der Waals surface area contributed by atoms with E-state index in [0.29, 0.717) is 16.5 Å². The molecule has 0 saturated heterocycles. The summed E-state index contributed by atoms with van der Waals surface area (Å²) >= 11 is 5.92. The van der Waals surface area contributed by atoms with Gasteiger partial charge in [0.05, 0.1) is 4.90 Å². The van der Waals surface area contributed by atoms with Gasteiger partial charge in [0, 0.05) is 17.6 Å². The van der Waals surface area contributed by atoms with Crippen LogP contribution in [0, 0.1) is 5.92 Å². The summed E-state index contributed by atoms with van der Waals surface area (Å²) < 4.78 is 27.0. The van der Waals surface area contributed by atoms with Crippen LogP contribution in [0.15, 0.2) is 23.1 Å². The summed E-state index contributed by atoms with van der Waals surface area (Å²) in [4.78, 5) is 0.222. The van der Waals surface area contributed by atoms with Crippen LogP contribution in [-0.2, 0) is 16.6 Å². The zero-order chi connectivity index (χ0) is 13.3. The molecule has 2 rings (SSSR count). The van der Waals surface area contributed by atoms with Crippen LogP contribution in [0.4, 0.5) is 0 Å². The number of nitrogens with one attached hydrogen (secondary N) is 1. The number of halogens is 1. The molecule has 0 amide bonds. The van der Waals surface area contributed by atoms with E-state index in [1.165, 1.54) is 12.1 Å². The standard InChI is InChI=1S/C12H17ClN2O2S/c1-8(9-2-3-9)15-18(16,17)11-4-5-12(13)10(6-11)7-14/h4-6,8-9,15H,2-3,7,14H2,1H3. The van der Waals surface area contributed by atoms with E-state index in [2.05, 4.69) is 4.72 Å². The molecule has 3 N–H and O–H groups in total. The Labute approximate surface area is 113 Å². The molecule has 1 atom stereocenters. The average molecular weight is 289 g/mol. The van der Waals surface area contributed by atoms with Gasteiger partial charge < -0.3 is 5.73 Å². The van der Waals surface area contributed by atoms with E-state index in [0.717, 1.165) is 12.8 Å². The molecule has 1 aliphatic carbocycles. The summed E-state index contributed by atoms with van der Waals surface area (Å²) in [6.07, 6.45) is 2.19. The van der Waals surface area contributed by atoms with Gasteiger partial charge in [0.25, 0.3) is 0 Å². The summed E-state index contributed by atoms with van der Waals surface area (Å²) in [5.41, 5.74) is 6.16. The maximum absolute atomic E-state index is 12.2. The van der Waals surface area contributed by atoms with Crippen molar-refractivity contribution in [2.24, 2.45) is 11.7 Å². The molecule has 1 aromatic rings. The SMILES string of the molecule is CC(NS(=O)(=O)c1ccc(Cl)c(CN)c1)C1CC1. The lowest BCUT2D eigenvalue weighted by Crippen LogP contribution is -2.34. The molecule has 1 aromatic carbocycles. The summed E-state index contributed by atoms with van der Waals surface area (Å²) in [6.45, 7) is 2.12. The first kappa shape index (κ1) is 13.8. The minimum Gasteiger partial charge on any atom is -0.326 e. The van der Waals surface area contributed by atoms with Crippen LogP contribution < -0.4 is 10.5 Å². The molecule has 0 radical (unpaired) electrons. The third-order valence-electron chi connectivity index (χ3n) is 3.22. The number of benzene rings is 1. The Morgan fingerprint density at radius 1 is 1.50 bits per heavy atom. The lowest BCUT2D eigenvalue weighted by atomic mass is 10.2. The summed E-state index contributed by atoms with van der Waals surface area (Å²) in [6, 6.07) is 4.58. The molecule has 100 valence electrons. The minimum absolute atomic E-state index is 0.0213. The van der Waals surface area contributed by atoms with Gasteiger partial charge in [0.15, 0.2) is 0 Å². The molecule has 0 bridgehead atoms. The lowest BCUT2D eigenvalue weighted by molar-refractivity contribution is 0.538. The van der Waals surface area contributed by atoms with E-state index >= 15 is 0 Å². The highest BCUT2D eigenvalue weighted by Gasteiger charge is 2.31. The highest BCUT2D eigenvalue weighted by molar-refractivity contribution is 7.89. The van der Waals surface area contributed by atoms with Crippen molar-refractivity contribution in [3.05, 3.63) is 28.8 Å². The van der Waals surface area contributed by atoms with Gasteiger partial charge in [-0.2, -0.15) is 0 Å². The third-order valence-corrected chi connectivity index (χ3v) is 5.14.